The molecule has 7 nitrogen and oxygen atoms in total. The average molecular weight is 441 g/mol. The smallest absolute Gasteiger partial charge is 0.280 e. The van der Waals surface area contributed by atoms with Crippen LogP contribution in [-0.2, 0) is 14.8 Å². The molecule has 30 heavy (non-hydrogen) atoms. The van der Waals surface area contributed by atoms with Gasteiger partial charge in [-0.3, -0.25) is 4.79 Å². The molecular formula is C21H17ClN4O3S. The molecule has 0 bridgehead atoms. The molecule has 1 aliphatic rings. The Morgan fingerprint density at radius 3 is 2.27 bits per heavy atom. The number of aromatic nitrogens is 1. The molecule has 3 aromatic rings. The Bertz CT molecular complexity index is 1290. The lowest BCUT2D eigenvalue weighted by molar-refractivity contribution is -0.114. The average Bonchev–Trinajstić information content (AvgIpc) is 3.28. The fourth-order valence-electron chi connectivity index (χ4n) is 3.13. The van der Waals surface area contributed by atoms with Gasteiger partial charge >= 0.3 is 0 Å². The molecule has 2 aromatic carbocycles. The van der Waals surface area contributed by atoms with E-state index in [0.29, 0.717) is 22.0 Å². The van der Waals surface area contributed by atoms with E-state index < -0.39 is 10.0 Å². The van der Waals surface area contributed by atoms with Crippen LogP contribution in [0.3, 0.4) is 0 Å². The summed E-state index contributed by atoms with van der Waals surface area (Å²) < 4.78 is 24.8. The lowest BCUT2D eigenvalue weighted by Gasteiger charge is -2.12. The highest BCUT2D eigenvalue weighted by molar-refractivity contribution is 7.89. The molecule has 0 atom stereocenters. The number of halogens is 1. The zero-order valence-corrected chi connectivity index (χ0v) is 17.4. The standard InChI is InChI=1S/C21H17ClN4O3S/c1-14-20(21(27)26(24-14)17-6-4-15(22)5-7-17)13-18-3-2-12-25(18)16-8-10-19(11-9-16)30(23,28)29/h2-13H,1H3,(H2,23,28,29). The number of sulfonamides is 1. The number of carbonyl (C=O) groups excluding carboxylic acids is 1. The van der Waals surface area contributed by atoms with Gasteiger partial charge in [0.15, 0.2) is 0 Å². The maximum absolute atomic E-state index is 13.0. The third-order valence-electron chi connectivity index (χ3n) is 4.65. The minimum Gasteiger partial charge on any atom is -0.317 e. The quantitative estimate of drug-likeness (QED) is 0.627. The summed E-state index contributed by atoms with van der Waals surface area (Å²) in [6.45, 7) is 1.77. The van der Waals surface area contributed by atoms with Gasteiger partial charge in [0.2, 0.25) is 10.0 Å². The van der Waals surface area contributed by atoms with Gasteiger partial charge in [0.05, 0.1) is 21.9 Å². The maximum Gasteiger partial charge on any atom is 0.280 e. The first-order valence-corrected chi connectivity index (χ1v) is 10.8. The number of hydrogen-bond donors (Lipinski definition) is 1. The Morgan fingerprint density at radius 1 is 1.00 bits per heavy atom. The lowest BCUT2D eigenvalue weighted by atomic mass is 10.1. The Balaban J connectivity index is 1.67. The van der Waals surface area contributed by atoms with Crippen LogP contribution in [0.5, 0.6) is 0 Å². The van der Waals surface area contributed by atoms with Crippen molar-refractivity contribution in [3.05, 3.63) is 83.2 Å². The first kappa shape index (κ1) is 20.1. The van der Waals surface area contributed by atoms with Crippen LogP contribution < -0.4 is 10.1 Å². The summed E-state index contributed by atoms with van der Waals surface area (Å²) in [5, 5.41) is 11.4. The van der Waals surface area contributed by atoms with E-state index in [-0.39, 0.29) is 10.8 Å². The first-order chi connectivity index (χ1) is 14.2. The number of anilines is 1. The Labute approximate surface area is 178 Å². The van der Waals surface area contributed by atoms with Crippen LogP contribution in [0.25, 0.3) is 11.8 Å². The van der Waals surface area contributed by atoms with E-state index in [9.17, 15) is 13.2 Å². The van der Waals surface area contributed by atoms with Crippen molar-refractivity contribution in [3.8, 4) is 5.69 Å². The summed E-state index contributed by atoms with van der Waals surface area (Å²) in [4.78, 5) is 13.0. The Hall–Kier alpha value is -3.20. The van der Waals surface area contributed by atoms with E-state index >= 15 is 0 Å². The molecule has 0 fully saturated rings. The second kappa shape index (κ2) is 7.56. The Kier molecular flexibility index (Phi) is 5.07. The number of amides is 1. The van der Waals surface area contributed by atoms with Gasteiger partial charge in [0.1, 0.15) is 0 Å². The highest BCUT2D eigenvalue weighted by Crippen LogP contribution is 2.27. The SMILES string of the molecule is CC1=NN(c2ccc(Cl)cc2)C(=O)C1=Cc1cccn1-c1ccc(S(N)(=O)=O)cc1. The largest absolute Gasteiger partial charge is 0.317 e. The van der Waals surface area contributed by atoms with Gasteiger partial charge in [-0.25, -0.2) is 13.6 Å². The van der Waals surface area contributed by atoms with Crippen molar-refractivity contribution >= 4 is 45.0 Å². The van der Waals surface area contributed by atoms with E-state index in [0.717, 1.165) is 11.4 Å². The number of hydrazone groups is 1. The van der Waals surface area contributed by atoms with Crippen LogP contribution in [0.1, 0.15) is 12.6 Å². The summed E-state index contributed by atoms with van der Waals surface area (Å²) in [7, 11) is -3.76. The minimum absolute atomic E-state index is 0.0332. The van der Waals surface area contributed by atoms with Gasteiger partial charge in [0.25, 0.3) is 5.91 Å². The van der Waals surface area contributed by atoms with E-state index in [1.807, 2.05) is 22.9 Å². The minimum atomic E-state index is -3.76. The predicted octanol–water partition coefficient (Wildman–Crippen LogP) is 3.58. The van der Waals surface area contributed by atoms with Gasteiger partial charge in [-0.1, -0.05) is 11.6 Å². The molecule has 0 aliphatic carbocycles. The monoisotopic (exact) mass is 440 g/mol. The fraction of sp³-hybridized carbons (Fsp3) is 0.0476. The molecule has 1 aromatic heterocycles. The van der Waals surface area contributed by atoms with E-state index in [4.69, 9.17) is 16.7 Å². The molecule has 1 aliphatic heterocycles. The molecule has 2 heterocycles. The Morgan fingerprint density at radius 2 is 1.63 bits per heavy atom. The van der Waals surface area contributed by atoms with Gasteiger partial charge in [-0.2, -0.15) is 10.1 Å². The lowest BCUT2D eigenvalue weighted by Crippen LogP contribution is -2.21. The molecule has 152 valence electrons. The van der Waals surface area contributed by atoms with Crippen LogP contribution in [0.15, 0.2) is 82.4 Å². The highest BCUT2D eigenvalue weighted by atomic mass is 35.5. The molecule has 1 amide bonds. The van der Waals surface area contributed by atoms with Crippen molar-refractivity contribution in [2.75, 3.05) is 5.01 Å². The second-order valence-corrected chi connectivity index (χ2v) is 8.68. The number of hydrogen-bond acceptors (Lipinski definition) is 4. The number of nitrogens with zero attached hydrogens (tertiary/aromatic N) is 3. The number of rotatable bonds is 4. The van der Waals surface area contributed by atoms with Gasteiger partial charge in [-0.15, -0.1) is 0 Å². The molecule has 2 N–H and O–H groups in total. The van der Waals surface area contributed by atoms with Crippen molar-refractivity contribution < 1.29 is 13.2 Å². The summed E-state index contributed by atoms with van der Waals surface area (Å²) in [6.07, 6.45) is 3.58. The summed E-state index contributed by atoms with van der Waals surface area (Å²) >= 11 is 5.92. The topological polar surface area (TPSA) is 97.8 Å². The summed E-state index contributed by atoms with van der Waals surface area (Å²) in [6, 6.07) is 16.7. The van der Waals surface area contributed by atoms with Crippen molar-refractivity contribution in [1.29, 1.82) is 0 Å². The van der Waals surface area contributed by atoms with Crippen molar-refractivity contribution in [2.45, 2.75) is 11.8 Å². The molecule has 0 radical (unpaired) electrons. The molecule has 0 spiro atoms. The fourth-order valence-corrected chi connectivity index (χ4v) is 3.77. The molecular weight excluding hydrogens is 424 g/mol. The zero-order chi connectivity index (χ0) is 21.5. The van der Waals surface area contributed by atoms with Gasteiger partial charge in [0, 0.05) is 22.6 Å². The van der Waals surface area contributed by atoms with Crippen LogP contribution >= 0.6 is 11.6 Å². The molecule has 0 saturated heterocycles. The molecule has 0 unspecified atom stereocenters. The van der Waals surface area contributed by atoms with Crippen LogP contribution in [0, 0.1) is 0 Å². The van der Waals surface area contributed by atoms with Crippen molar-refractivity contribution in [3.63, 3.8) is 0 Å². The third kappa shape index (κ3) is 3.80. The first-order valence-electron chi connectivity index (χ1n) is 8.92. The summed E-state index contributed by atoms with van der Waals surface area (Å²) in [5.74, 6) is -0.243. The second-order valence-electron chi connectivity index (χ2n) is 6.68. The maximum atomic E-state index is 13.0. The predicted molar refractivity (Wildman–Crippen MR) is 117 cm³/mol. The van der Waals surface area contributed by atoms with Crippen molar-refractivity contribution in [2.24, 2.45) is 10.2 Å². The molecule has 9 heteroatoms. The zero-order valence-electron chi connectivity index (χ0n) is 15.9. The van der Waals surface area contributed by atoms with E-state index in [1.165, 1.54) is 17.1 Å². The van der Waals surface area contributed by atoms with Crippen molar-refractivity contribution in [1.82, 2.24) is 4.57 Å². The van der Waals surface area contributed by atoms with E-state index in [1.54, 1.807) is 49.4 Å². The number of nitrogens with two attached hydrogens (primary N) is 1. The number of benzene rings is 2. The molecule has 4 rings (SSSR count). The van der Waals surface area contributed by atoms with E-state index in [2.05, 4.69) is 5.10 Å². The van der Waals surface area contributed by atoms with Gasteiger partial charge in [-0.05, 0) is 73.7 Å². The third-order valence-corrected chi connectivity index (χ3v) is 5.83. The number of carbonyl (C=O) groups is 1. The number of primary sulfonamides is 1. The van der Waals surface area contributed by atoms with Crippen LogP contribution in [-0.4, -0.2) is 24.6 Å². The summed E-state index contributed by atoms with van der Waals surface area (Å²) in [5.41, 5.74) is 3.16. The molecule has 0 saturated carbocycles. The normalized spacial score (nSPS) is 15.7. The van der Waals surface area contributed by atoms with Crippen LogP contribution in [0.4, 0.5) is 5.69 Å². The van der Waals surface area contributed by atoms with Crippen LogP contribution in [0.2, 0.25) is 5.02 Å². The highest BCUT2D eigenvalue weighted by Gasteiger charge is 2.29. The van der Waals surface area contributed by atoms with Gasteiger partial charge < -0.3 is 4.57 Å².